The Hall–Kier alpha value is -1.10. The predicted octanol–water partition coefficient (Wildman–Crippen LogP) is 0.0637. The van der Waals surface area contributed by atoms with E-state index >= 15 is 0 Å². The van der Waals surface area contributed by atoms with Crippen molar-refractivity contribution in [1.29, 1.82) is 0 Å². The fourth-order valence-corrected chi connectivity index (χ4v) is 1.09. The molecule has 0 atom stereocenters. The van der Waals surface area contributed by atoms with E-state index in [9.17, 15) is 9.59 Å². The van der Waals surface area contributed by atoms with Crippen LogP contribution in [0.2, 0.25) is 0 Å². The quantitative estimate of drug-likeness (QED) is 0.468. The third-order valence-corrected chi connectivity index (χ3v) is 1.89. The number of hydrogen-bond donors (Lipinski definition) is 2. The van der Waals surface area contributed by atoms with Gasteiger partial charge in [0.15, 0.2) is 0 Å². The average Bonchev–Trinajstić information content (AvgIpc) is 2.07. The minimum absolute atomic E-state index is 0.0692. The Morgan fingerprint density at radius 3 is 2.27 bits per heavy atom. The molecule has 5 nitrogen and oxygen atoms in total. The maximum atomic E-state index is 11.1. The first-order valence-corrected chi connectivity index (χ1v) is 5.10. The Morgan fingerprint density at radius 2 is 1.80 bits per heavy atom. The molecule has 0 fully saturated rings. The second-order valence-electron chi connectivity index (χ2n) is 4.61. The first-order chi connectivity index (χ1) is 6.81. The van der Waals surface area contributed by atoms with Gasteiger partial charge in [0.1, 0.15) is 0 Å². The standard InChI is InChI=1S/C10H20N2O3/c1-12(2,3)8-4-7-11-9(13)5-6-10(14)15/h4-8H2,1-3H3,(H-,11,13,14,15)/p+1. The van der Waals surface area contributed by atoms with Crippen LogP contribution >= 0.6 is 0 Å². The smallest absolute Gasteiger partial charge is 0.303 e. The molecule has 0 aromatic rings. The molecule has 88 valence electrons. The summed E-state index contributed by atoms with van der Waals surface area (Å²) in [5.41, 5.74) is 0. The minimum atomic E-state index is -0.934. The van der Waals surface area contributed by atoms with E-state index in [0.29, 0.717) is 6.54 Å². The zero-order chi connectivity index (χ0) is 11.9. The highest BCUT2D eigenvalue weighted by molar-refractivity contribution is 5.80. The van der Waals surface area contributed by atoms with Crippen LogP contribution in [0.15, 0.2) is 0 Å². The molecule has 0 saturated carbocycles. The van der Waals surface area contributed by atoms with Crippen LogP contribution in [0.25, 0.3) is 0 Å². The Kier molecular flexibility index (Phi) is 5.93. The Balaban J connectivity index is 3.44. The molecule has 0 saturated heterocycles. The molecule has 2 N–H and O–H groups in total. The van der Waals surface area contributed by atoms with Crippen molar-refractivity contribution < 1.29 is 19.2 Å². The molecular formula is C10H21N2O3+. The lowest BCUT2D eigenvalue weighted by molar-refractivity contribution is -0.870. The normalized spacial score (nSPS) is 11.1. The number of rotatable bonds is 7. The van der Waals surface area contributed by atoms with Crippen LogP contribution in [-0.2, 0) is 9.59 Å². The lowest BCUT2D eigenvalue weighted by Gasteiger charge is -2.23. The van der Waals surface area contributed by atoms with Crippen molar-refractivity contribution >= 4 is 11.9 Å². The maximum absolute atomic E-state index is 11.1. The van der Waals surface area contributed by atoms with E-state index in [-0.39, 0.29) is 18.7 Å². The summed E-state index contributed by atoms with van der Waals surface area (Å²) in [4.78, 5) is 21.3. The van der Waals surface area contributed by atoms with Crippen LogP contribution in [0.4, 0.5) is 0 Å². The maximum Gasteiger partial charge on any atom is 0.303 e. The second kappa shape index (κ2) is 6.40. The summed E-state index contributed by atoms with van der Waals surface area (Å²) in [5, 5.41) is 11.1. The topological polar surface area (TPSA) is 66.4 Å². The third kappa shape index (κ3) is 10.8. The zero-order valence-electron chi connectivity index (χ0n) is 9.75. The number of carboxylic acid groups (broad SMARTS) is 1. The van der Waals surface area contributed by atoms with Gasteiger partial charge in [-0.3, -0.25) is 9.59 Å². The minimum Gasteiger partial charge on any atom is -0.481 e. The number of carbonyl (C=O) groups is 2. The van der Waals surface area contributed by atoms with Crippen molar-refractivity contribution in [3.05, 3.63) is 0 Å². The van der Waals surface area contributed by atoms with E-state index in [1.165, 1.54) is 0 Å². The lowest BCUT2D eigenvalue weighted by atomic mass is 10.3. The number of amides is 1. The van der Waals surface area contributed by atoms with E-state index in [1.807, 2.05) is 0 Å². The van der Waals surface area contributed by atoms with Gasteiger partial charge >= 0.3 is 5.97 Å². The zero-order valence-corrected chi connectivity index (χ0v) is 9.75. The molecule has 15 heavy (non-hydrogen) atoms. The summed E-state index contributed by atoms with van der Waals surface area (Å²) in [7, 11) is 6.27. The third-order valence-electron chi connectivity index (χ3n) is 1.89. The van der Waals surface area contributed by atoms with Gasteiger partial charge in [0.05, 0.1) is 34.1 Å². The highest BCUT2D eigenvalue weighted by Crippen LogP contribution is 1.93. The lowest BCUT2D eigenvalue weighted by Crippen LogP contribution is -2.37. The van der Waals surface area contributed by atoms with Gasteiger partial charge in [-0.2, -0.15) is 0 Å². The molecule has 0 radical (unpaired) electrons. The SMILES string of the molecule is C[N+](C)(C)CCCNC(=O)CCC(=O)O. The summed E-state index contributed by atoms with van der Waals surface area (Å²) in [6.07, 6.45) is 0.878. The summed E-state index contributed by atoms with van der Waals surface area (Å²) in [6, 6.07) is 0. The number of nitrogens with zero attached hydrogens (tertiary/aromatic N) is 1. The van der Waals surface area contributed by atoms with Crippen LogP contribution < -0.4 is 5.32 Å². The Labute approximate surface area is 90.7 Å². The molecule has 0 rings (SSSR count). The highest BCUT2D eigenvalue weighted by atomic mass is 16.4. The Morgan fingerprint density at radius 1 is 1.20 bits per heavy atom. The molecule has 0 aromatic heterocycles. The van der Waals surface area contributed by atoms with E-state index in [1.54, 1.807) is 0 Å². The number of hydrogen-bond acceptors (Lipinski definition) is 2. The van der Waals surface area contributed by atoms with Crippen molar-refractivity contribution in [3.63, 3.8) is 0 Å². The first kappa shape index (κ1) is 13.9. The van der Waals surface area contributed by atoms with Crippen LogP contribution in [0.1, 0.15) is 19.3 Å². The number of carboxylic acids is 1. The number of nitrogens with one attached hydrogen (secondary N) is 1. The van der Waals surface area contributed by atoms with Crippen LogP contribution in [0.3, 0.4) is 0 Å². The molecule has 0 heterocycles. The monoisotopic (exact) mass is 217 g/mol. The molecule has 0 bridgehead atoms. The van der Waals surface area contributed by atoms with Crippen molar-refractivity contribution in [2.75, 3.05) is 34.2 Å². The second-order valence-corrected chi connectivity index (χ2v) is 4.61. The highest BCUT2D eigenvalue weighted by Gasteiger charge is 2.07. The van der Waals surface area contributed by atoms with Gasteiger partial charge in [0, 0.05) is 19.4 Å². The first-order valence-electron chi connectivity index (χ1n) is 5.10. The summed E-state index contributed by atoms with van der Waals surface area (Å²) < 4.78 is 0.866. The van der Waals surface area contributed by atoms with Crippen LogP contribution in [0, 0.1) is 0 Å². The van der Waals surface area contributed by atoms with E-state index in [0.717, 1.165) is 17.4 Å². The fraction of sp³-hybridized carbons (Fsp3) is 0.800. The Bertz CT molecular complexity index is 221. The molecule has 0 spiro atoms. The van der Waals surface area contributed by atoms with Crippen molar-refractivity contribution in [2.24, 2.45) is 0 Å². The fourth-order valence-electron chi connectivity index (χ4n) is 1.09. The number of quaternary nitrogens is 1. The molecule has 0 unspecified atom stereocenters. The summed E-state index contributed by atoms with van der Waals surface area (Å²) >= 11 is 0. The molecular weight excluding hydrogens is 196 g/mol. The number of carbonyl (C=O) groups excluding carboxylic acids is 1. The molecule has 0 aliphatic carbocycles. The van der Waals surface area contributed by atoms with Gasteiger partial charge in [0.2, 0.25) is 5.91 Å². The summed E-state index contributed by atoms with van der Waals surface area (Å²) in [5.74, 6) is -1.12. The molecule has 0 aliphatic rings. The van der Waals surface area contributed by atoms with E-state index in [4.69, 9.17) is 5.11 Å². The average molecular weight is 217 g/mol. The summed E-state index contributed by atoms with van der Waals surface area (Å²) in [6.45, 7) is 1.60. The van der Waals surface area contributed by atoms with Gasteiger partial charge in [0.25, 0.3) is 0 Å². The van der Waals surface area contributed by atoms with Gasteiger partial charge in [-0.1, -0.05) is 0 Å². The largest absolute Gasteiger partial charge is 0.481 e. The number of aliphatic carboxylic acids is 1. The van der Waals surface area contributed by atoms with E-state index in [2.05, 4.69) is 26.5 Å². The van der Waals surface area contributed by atoms with Crippen molar-refractivity contribution in [3.8, 4) is 0 Å². The molecule has 5 heteroatoms. The van der Waals surface area contributed by atoms with Gasteiger partial charge in [-0.05, 0) is 0 Å². The van der Waals surface area contributed by atoms with Gasteiger partial charge < -0.3 is 14.9 Å². The van der Waals surface area contributed by atoms with Gasteiger partial charge in [-0.25, -0.2) is 0 Å². The van der Waals surface area contributed by atoms with E-state index < -0.39 is 5.97 Å². The predicted molar refractivity (Wildman–Crippen MR) is 57.4 cm³/mol. The van der Waals surface area contributed by atoms with Crippen LogP contribution in [0.5, 0.6) is 0 Å². The van der Waals surface area contributed by atoms with Gasteiger partial charge in [-0.15, -0.1) is 0 Å². The van der Waals surface area contributed by atoms with Crippen LogP contribution in [-0.4, -0.2) is 55.7 Å². The van der Waals surface area contributed by atoms with Crippen molar-refractivity contribution in [2.45, 2.75) is 19.3 Å². The molecule has 0 aromatic carbocycles. The molecule has 0 aliphatic heterocycles. The van der Waals surface area contributed by atoms with Crippen molar-refractivity contribution in [1.82, 2.24) is 5.32 Å². The molecule has 1 amide bonds.